The minimum absolute atomic E-state index is 0.198. The summed E-state index contributed by atoms with van der Waals surface area (Å²) in [7, 11) is 0. The minimum Gasteiger partial charge on any atom is -0.368 e. The Hall–Kier alpha value is -1.01. The van der Waals surface area contributed by atoms with Crippen molar-refractivity contribution in [3.05, 3.63) is 12.4 Å². The van der Waals surface area contributed by atoms with E-state index in [-0.39, 0.29) is 11.9 Å². The number of hydrogen-bond acceptors (Lipinski definition) is 4. The molecule has 112 valence electrons. The molecule has 2 rings (SSSR count). The SMILES string of the molecule is CC(C)NC1(C(N)=O)CCCC1CCSc1ncc[nH]1. The summed E-state index contributed by atoms with van der Waals surface area (Å²) in [6, 6.07) is 0.265. The Morgan fingerprint density at radius 2 is 2.50 bits per heavy atom. The predicted octanol–water partition coefficient (Wildman–Crippen LogP) is 1.91. The number of nitrogens with one attached hydrogen (secondary N) is 2. The van der Waals surface area contributed by atoms with E-state index < -0.39 is 5.54 Å². The van der Waals surface area contributed by atoms with Crippen molar-refractivity contribution < 1.29 is 4.79 Å². The highest BCUT2D eigenvalue weighted by Crippen LogP contribution is 2.39. The van der Waals surface area contributed by atoms with Crippen molar-refractivity contribution in [1.82, 2.24) is 15.3 Å². The topological polar surface area (TPSA) is 83.8 Å². The largest absolute Gasteiger partial charge is 0.368 e. The second-order valence-corrected chi connectivity index (χ2v) is 6.84. The van der Waals surface area contributed by atoms with Gasteiger partial charge in [0, 0.05) is 24.2 Å². The van der Waals surface area contributed by atoms with Gasteiger partial charge in [0.05, 0.1) is 0 Å². The molecule has 2 unspecified atom stereocenters. The summed E-state index contributed by atoms with van der Waals surface area (Å²) < 4.78 is 0. The smallest absolute Gasteiger partial charge is 0.238 e. The van der Waals surface area contributed by atoms with Gasteiger partial charge in [-0.2, -0.15) is 0 Å². The number of nitrogens with zero attached hydrogens (tertiary/aromatic N) is 1. The van der Waals surface area contributed by atoms with E-state index in [2.05, 4.69) is 29.1 Å². The third kappa shape index (κ3) is 3.35. The van der Waals surface area contributed by atoms with Gasteiger partial charge in [0.25, 0.3) is 0 Å². The van der Waals surface area contributed by atoms with Gasteiger partial charge in [-0.05, 0) is 39.0 Å². The lowest BCUT2D eigenvalue weighted by molar-refractivity contribution is -0.126. The number of imidazole rings is 1. The van der Waals surface area contributed by atoms with E-state index in [1.165, 1.54) is 0 Å². The van der Waals surface area contributed by atoms with Gasteiger partial charge in [-0.15, -0.1) is 0 Å². The highest BCUT2D eigenvalue weighted by Gasteiger charge is 2.47. The molecule has 1 fully saturated rings. The lowest BCUT2D eigenvalue weighted by atomic mass is 9.83. The second-order valence-electron chi connectivity index (χ2n) is 5.76. The molecule has 1 aromatic heterocycles. The van der Waals surface area contributed by atoms with E-state index >= 15 is 0 Å². The van der Waals surface area contributed by atoms with Crippen LogP contribution in [0, 0.1) is 5.92 Å². The van der Waals surface area contributed by atoms with Crippen molar-refractivity contribution in [3.8, 4) is 0 Å². The van der Waals surface area contributed by atoms with Crippen molar-refractivity contribution in [2.24, 2.45) is 11.7 Å². The van der Waals surface area contributed by atoms with Crippen LogP contribution in [0.25, 0.3) is 0 Å². The average Bonchev–Trinajstić information content (AvgIpc) is 2.99. The number of carbonyl (C=O) groups excluding carboxylic acids is 1. The molecule has 0 radical (unpaired) electrons. The first kappa shape index (κ1) is 15.4. The summed E-state index contributed by atoms with van der Waals surface area (Å²) in [4.78, 5) is 19.3. The van der Waals surface area contributed by atoms with Crippen molar-refractivity contribution in [2.45, 2.75) is 56.3 Å². The van der Waals surface area contributed by atoms with Crippen molar-refractivity contribution in [3.63, 3.8) is 0 Å². The highest BCUT2D eigenvalue weighted by atomic mass is 32.2. The van der Waals surface area contributed by atoms with Gasteiger partial charge in [-0.25, -0.2) is 4.98 Å². The molecule has 0 aromatic carbocycles. The first-order valence-corrected chi connectivity index (χ1v) is 8.23. The van der Waals surface area contributed by atoms with Gasteiger partial charge in [-0.3, -0.25) is 4.79 Å². The van der Waals surface area contributed by atoms with Gasteiger partial charge in [0.2, 0.25) is 5.91 Å². The molecular formula is C14H24N4OS. The van der Waals surface area contributed by atoms with Crippen LogP contribution < -0.4 is 11.1 Å². The molecule has 0 aliphatic heterocycles. The molecule has 1 heterocycles. The number of primary amides is 1. The monoisotopic (exact) mass is 296 g/mol. The number of carbonyl (C=O) groups is 1. The number of hydrogen-bond donors (Lipinski definition) is 3. The lowest BCUT2D eigenvalue weighted by Gasteiger charge is -2.35. The van der Waals surface area contributed by atoms with Crippen LogP contribution in [-0.2, 0) is 4.79 Å². The summed E-state index contributed by atoms with van der Waals surface area (Å²) in [5.74, 6) is 1.08. The standard InChI is InChI=1S/C14H24N4OS/c1-10(2)18-14(12(15)19)6-3-4-11(14)5-9-20-13-16-7-8-17-13/h7-8,10-11,18H,3-6,9H2,1-2H3,(H2,15,19)(H,16,17). The lowest BCUT2D eigenvalue weighted by Crippen LogP contribution is -2.60. The molecule has 1 saturated carbocycles. The van der Waals surface area contributed by atoms with Gasteiger partial charge in [-0.1, -0.05) is 18.2 Å². The molecule has 0 spiro atoms. The Bertz CT molecular complexity index is 434. The first-order chi connectivity index (χ1) is 9.54. The number of thioether (sulfide) groups is 1. The van der Waals surface area contributed by atoms with Crippen LogP contribution in [0.4, 0.5) is 0 Å². The third-order valence-corrected chi connectivity index (χ3v) is 4.92. The molecule has 1 aliphatic carbocycles. The zero-order valence-corrected chi connectivity index (χ0v) is 13.0. The Labute approximate surface area is 124 Å². The van der Waals surface area contributed by atoms with Crippen LogP contribution in [0.2, 0.25) is 0 Å². The molecule has 1 aliphatic rings. The Morgan fingerprint density at radius 1 is 1.70 bits per heavy atom. The van der Waals surface area contributed by atoms with Crippen LogP contribution >= 0.6 is 11.8 Å². The summed E-state index contributed by atoms with van der Waals surface area (Å²) in [5, 5.41) is 4.38. The number of nitrogens with two attached hydrogens (primary N) is 1. The van der Waals surface area contributed by atoms with Crippen molar-refractivity contribution in [1.29, 1.82) is 0 Å². The summed E-state index contributed by atoms with van der Waals surface area (Å²) >= 11 is 1.70. The van der Waals surface area contributed by atoms with Crippen LogP contribution in [-0.4, -0.2) is 33.2 Å². The average molecular weight is 296 g/mol. The molecule has 0 saturated heterocycles. The van der Waals surface area contributed by atoms with E-state index in [4.69, 9.17) is 5.73 Å². The fourth-order valence-corrected chi connectivity index (χ4v) is 4.08. The summed E-state index contributed by atoms with van der Waals surface area (Å²) in [6.45, 7) is 4.13. The molecule has 6 heteroatoms. The predicted molar refractivity (Wildman–Crippen MR) is 81.5 cm³/mol. The highest BCUT2D eigenvalue weighted by molar-refractivity contribution is 7.99. The van der Waals surface area contributed by atoms with Gasteiger partial charge in [0.15, 0.2) is 5.16 Å². The molecule has 0 bridgehead atoms. The van der Waals surface area contributed by atoms with Gasteiger partial charge >= 0.3 is 0 Å². The van der Waals surface area contributed by atoms with E-state index in [1.54, 1.807) is 18.0 Å². The molecule has 1 aromatic rings. The maximum Gasteiger partial charge on any atom is 0.238 e. The minimum atomic E-state index is -0.516. The Morgan fingerprint density at radius 3 is 3.10 bits per heavy atom. The van der Waals surface area contributed by atoms with Gasteiger partial charge in [0.1, 0.15) is 5.54 Å². The normalized spacial score (nSPS) is 26.2. The van der Waals surface area contributed by atoms with Crippen molar-refractivity contribution in [2.75, 3.05) is 5.75 Å². The zero-order chi connectivity index (χ0) is 14.6. The molecule has 2 atom stereocenters. The number of H-pyrrole nitrogens is 1. The molecule has 1 amide bonds. The fourth-order valence-electron chi connectivity index (χ4n) is 3.20. The van der Waals surface area contributed by atoms with E-state index in [1.807, 2.05) is 6.20 Å². The maximum atomic E-state index is 12.0. The number of aromatic amines is 1. The Balaban J connectivity index is 1.95. The maximum absolute atomic E-state index is 12.0. The zero-order valence-electron chi connectivity index (χ0n) is 12.2. The van der Waals surface area contributed by atoms with Crippen molar-refractivity contribution >= 4 is 17.7 Å². The van der Waals surface area contributed by atoms with Crippen LogP contribution in [0.15, 0.2) is 17.6 Å². The van der Waals surface area contributed by atoms with Crippen LogP contribution in [0.3, 0.4) is 0 Å². The molecule has 4 N–H and O–H groups in total. The number of aromatic nitrogens is 2. The first-order valence-electron chi connectivity index (χ1n) is 7.24. The second kappa shape index (κ2) is 6.63. The fraction of sp³-hybridized carbons (Fsp3) is 0.714. The quantitative estimate of drug-likeness (QED) is 0.671. The molecule has 20 heavy (non-hydrogen) atoms. The van der Waals surface area contributed by atoms with E-state index in [0.717, 1.165) is 36.6 Å². The Kier molecular flexibility index (Phi) is 5.10. The summed E-state index contributed by atoms with van der Waals surface area (Å²) in [5.41, 5.74) is 5.20. The third-order valence-electron chi connectivity index (χ3n) is 3.98. The summed E-state index contributed by atoms with van der Waals surface area (Å²) in [6.07, 6.45) is 7.56. The van der Waals surface area contributed by atoms with E-state index in [9.17, 15) is 4.79 Å². The van der Waals surface area contributed by atoms with E-state index in [0.29, 0.717) is 5.92 Å². The molecule has 5 nitrogen and oxygen atoms in total. The van der Waals surface area contributed by atoms with Gasteiger partial charge < -0.3 is 16.0 Å². The number of amides is 1. The number of rotatable bonds is 7. The van der Waals surface area contributed by atoms with Crippen LogP contribution in [0.5, 0.6) is 0 Å². The van der Waals surface area contributed by atoms with Crippen LogP contribution in [0.1, 0.15) is 39.5 Å². The molecular weight excluding hydrogens is 272 g/mol.